The molecule has 0 amide bonds. The Labute approximate surface area is 181 Å². The highest BCUT2D eigenvalue weighted by molar-refractivity contribution is 6.13. The molecule has 1 atom stereocenters. The number of carbonyl (C=O) groups excluding carboxylic acids is 2. The van der Waals surface area contributed by atoms with E-state index in [1.807, 2.05) is 0 Å². The van der Waals surface area contributed by atoms with Gasteiger partial charge in [-0.15, -0.1) is 0 Å². The molecule has 7 nitrogen and oxygen atoms in total. The van der Waals surface area contributed by atoms with Gasteiger partial charge in [0.25, 0.3) is 5.56 Å². The Morgan fingerprint density at radius 3 is 2.72 bits per heavy atom. The lowest BCUT2D eigenvalue weighted by atomic mass is 9.83. The van der Waals surface area contributed by atoms with Gasteiger partial charge in [-0.05, 0) is 37.0 Å². The second-order valence-corrected chi connectivity index (χ2v) is 8.70. The second kappa shape index (κ2) is 6.10. The molecule has 0 saturated heterocycles. The second-order valence-electron chi connectivity index (χ2n) is 8.70. The average molecular weight is 434 g/mol. The van der Waals surface area contributed by atoms with E-state index < -0.39 is 17.1 Å². The topological polar surface area (TPSA) is 98.5 Å². The number of nitrogens with zero attached hydrogens (tertiary/aromatic N) is 2. The van der Waals surface area contributed by atoms with E-state index in [2.05, 4.69) is 4.98 Å². The van der Waals surface area contributed by atoms with Crippen molar-refractivity contribution in [2.75, 3.05) is 0 Å². The summed E-state index contributed by atoms with van der Waals surface area (Å²) >= 11 is 0. The molecule has 0 fully saturated rings. The molecule has 4 heterocycles. The highest BCUT2D eigenvalue weighted by atomic mass is 19.1. The molecule has 8 heteroatoms. The third-order valence-corrected chi connectivity index (χ3v) is 7.18. The SMILES string of the molecule is CC[C@@]1(O)C(=O)OCc2c1cc1n(c2=O)Cc2c-1nc1cc(F)c(C)c3c1c2C(=O)CC3. The molecule has 2 aliphatic heterocycles. The molecular formula is C24H19FN2O5. The molecule has 0 spiro atoms. The lowest BCUT2D eigenvalue weighted by Crippen LogP contribution is -2.44. The number of Topliss-reactive ketones (excluding diaryl/α,β-unsaturated/α-hetero) is 1. The number of aryl methyl sites for hydroxylation is 1. The largest absolute Gasteiger partial charge is 0.458 e. The molecule has 0 saturated carbocycles. The van der Waals surface area contributed by atoms with Crippen molar-refractivity contribution < 1.29 is 23.8 Å². The fourth-order valence-electron chi connectivity index (χ4n) is 5.37. The summed E-state index contributed by atoms with van der Waals surface area (Å²) in [5.41, 5.74) is 1.71. The van der Waals surface area contributed by atoms with E-state index in [9.17, 15) is 23.9 Å². The first-order valence-corrected chi connectivity index (χ1v) is 10.6. The normalized spacial score (nSPS) is 20.8. The number of cyclic esters (lactones) is 1. The number of carbonyl (C=O) groups is 2. The summed E-state index contributed by atoms with van der Waals surface area (Å²) in [7, 11) is 0. The number of rotatable bonds is 1. The molecule has 0 unspecified atom stereocenters. The smallest absolute Gasteiger partial charge is 0.343 e. The number of aromatic nitrogens is 2. The molecule has 2 aromatic heterocycles. The number of ether oxygens (including phenoxy) is 1. The van der Waals surface area contributed by atoms with Gasteiger partial charge < -0.3 is 14.4 Å². The number of pyridine rings is 2. The van der Waals surface area contributed by atoms with Gasteiger partial charge in [0, 0.05) is 34.6 Å². The fraction of sp³-hybridized carbons (Fsp3) is 0.333. The summed E-state index contributed by atoms with van der Waals surface area (Å²) in [4.78, 5) is 43.3. The lowest BCUT2D eigenvalue weighted by Gasteiger charge is -2.31. The van der Waals surface area contributed by atoms with Crippen LogP contribution in [-0.4, -0.2) is 26.4 Å². The maximum atomic E-state index is 14.6. The van der Waals surface area contributed by atoms with Gasteiger partial charge in [0.15, 0.2) is 11.4 Å². The van der Waals surface area contributed by atoms with E-state index in [1.165, 1.54) is 10.6 Å². The van der Waals surface area contributed by atoms with Crippen LogP contribution in [0.15, 0.2) is 16.9 Å². The van der Waals surface area contributed by atoms with E-state index in [-0.39, 0.29) is 48.7 Å². The van der Waals surface area contributed by atoms with Crippen LogP contribution in [0.4, 0.5) is 4.39 Å². The standard InChI is InChI=1S/C24H19FN2O5/c1-3-24(31)14-6-17-21-12(8-27(17)22(29)13(14)9-32-23(24)30)20-18(28)5-4-11-10(2)15(25)7-16(26-21)19(11)20/h6-7,31H,3-5,8-9H2,1-2H3/t24-/m0/s1. The van der Waals surface area contributed by atoms with Crippen LogP contribution in [0, 0.1) is 12.7 Å². The Hall–Kier alpha value is -3.39. The van der Waals surface area contributed by atoms with Crippen molar-refractivity contribution in [3.05, 3.63) is 61.7 Å². The Morgan fingerprint density at radius 2 is 1.97 bits per heavy atom. The number of benzene rings is 1. The molecule has 6 rings (SSSR count). The Kier molecular flexibility index (Phi) is 3.68. The third-order valence-electron chi connectivity index (χ3n) is 7.18. The molecule has 0 radical (unpaired) electrons. The minimum atomic E-state index is -1.93. The summed E-state index contributed by atoms with van der Waals surface area (Å²) in [6.07, 6.45) is 0.760. The highest BCUT2D eigenvalue weighted by Crippen LogP contribution is 2.43. The van der Waals surface area contributed by atoms with Crippen molar-refractivity contribution in [1.29, 1.82) is 0 Å². The molecule has 1 aromatic carbocycles. The van der Waals surface area contributed by atoms with Crippen LogP contribution in [0.2, 0.25) is 0 Å². The molecule has 0 bridgehead atoms. The Balaban J connectivity index is 1.71. The van der Waals surface area contributed by atoms with Crippen molar-refractivity contribution in [2.24, 2.45) is 0 Å². The van der Waals surface area contributed by atoms with Gasteiger partial charge >= 0.3 is 5.97 Å². The molecule has 1 N–H and O–H groups in total. The Morgan fingerprint density at radius 1 is 1.19 bits per heavy atom. The summed E-state index contributed by atoms with van der Waals surface area (Å²) in [5, 5.41) is 11.6. The number of esters is 1. The van der Waals surface area contributed by atoms with Crippen LogP contribution >= 0.6 is 0 Å². The van der Waals surface area contributed by atoms with Crippen molar-refractivity contribution >= 4 is 22.7 Å². The average Bonchev–Trinajstić information content (AvgIpc) is 3.14. The van der Waals surface area contributed by atoms with Gasteiger partial charge in [-0.3, -0.25) is 9.59 Å². The first-order valence-electron chi connectivity index (χ1n) is 10.6. The predicted molar refractivity (Wildman–Crippen MR) is 112 cm³/mol. The summed E-state index contributed by atoms with van der Waals surface area (Å²) in [6.45, 7) is 3.26. The number of ketones is 1. The van der Waals surface area contributed by atoms with E-state index in [0.717, 1.165) is 5.56 Å². The highest BCUT2D eigenvalue weighted by Gasteiger charge is 2.45. The van der Waals surface area contributed by atoms with Crippen LogP contribution in [0.1, 0.15) is 57.9 Å². The van der Waals surface area contributed by atoms with E-state index in [1.54, 1.807) is 19.9 Å². The summed E-state index contributed by atoms with van der Waals surface area (Å²) in [6, 6.07) is 2.92. The minimum absolute atomic E-state index is 0.0390. The number of halogens is 1. The third kappa shape index (κ3) is 2.17. The maximum Gasteiger partial charge on any atom is 0.343 e. The van der Waals surface area contributed by atoms with Crippen LogP contribution < -0.4 is 5.56 Å². The maximum absolute atomic E-state index is 14.6. The molecule has 3 aromatic rings. The van der Waals surface area contributed by atoms with E-state index in [4.69, 9.17) is 4.74 Å². The fourth-order valence-corrected chi connectivity index (χ4v) is 5.37. The van der Waals surface area contributed by atoms with Gasteiger partial charge in [-0.2, -0.15) is 0 Å². The number of hydrogen-bond donors (Lipinski definition) is 1. The van der Waals surface area contributed by atoms with Crippen LogP contribution in [0.5, 0.6) is 0 Å². The Bertz CT molecular complexity index is 1490. The molecule has 162 valence electrons. The van der Waals surface area contributed by atoms with Crippen LogP contribution in [0.3, 0.4) is 0 Å². The predicted octanol–water partition coefficient (Wildman–Crippen LogP) is 2.66. The summed E-state index contributed by atoms with van der Waals surface area (Å²) in [5.74, 6) is -1.24. The zero-order valence-electron chi connectivity index (χ0n) is 17.5. The first-order chi connectivity index (χ1) is 15.3. The molecule has 3 aliphatic rings. The number of hydrogen-bond acceptors (Lipinski definition) is 6. The molecule has 32 heavy (non-hydrogen) atoms. The lowest BCUT2D eigenvalue weighted by molar-refractivity contribution is -0.172. The molecule has 1 aliphatic carbocycles. The van der Waals surface area contributed by atoms with Gasteiger partial charge in [-0.1, -0.05) is 6.92 Å². The zero-order valence-corrected chi connectivity index (χ0v) is 17.5. The number of fused-ring (bicyclic) bond motifs is 5. The van der Waals surface area contributed by atoms with E-state index in [0.29, 0.717) is 45.4 Å². The van der Waals surface area contributed by atoms with Gasteiger partial charge in [0.1, 0.15) is 12.4 Å². The van der Waals surface area contributed by atoms with Crippen molar-refractivity contribution in [3.63, 3.8) is 0 Å². The van der Waals surface area contributed by atoms with Gasteiger partial charge in [0.05, 0.1) is 29.0 Å². The number of aliphatic hydroxyl groups is 1. The monoisotopic (exact) mass is 434 g/mol. The summed E-state index contributed by atoms with van der Waals surface area (Å²) < 4.78 is 21.2. The van der Waals surface area contributed by atoms with Crippen molar-refractivity contribution in [3.8, 4) is 11.4 Å². The van der Waals surface area contributed by atoms with Gasteiger partial charge in [0.2, 0.25) is 0 Å². The van der Waals surface area contributed by atoms with Gasteiger partial charge in [-0.25, -0.2) is 14.2 Å². The zero-order chi connectivity index (χ0) is 22.5. The molecular weight excluding hydrogens is 415 g/mol. The van der Waals surface area contributed by atoms with E-state index >= 15 is 0 Å². The minimum Gasteiger partial charge on any atom is -0.458 e. The van der Waals surface area contributed by atoms with Crippen LogP contribution in [0.25, 0.3) is 22.3 Å². The quantitative estimate of drug-likeness (QED) is 0.463. The van der Waals surface area contributed by atoms with Crippen molar-refractivity contribution in [1.82, 2.24) is 9.55 Å². The van der Waals surface area contributed by atoms with Crippen LogP contribution in [-0.2, 0) is 34.7 Å². The first kappa shape index (κ1) is 19.3. The van der Waals surface area contributed by atoms with Crippen molar-refractivity contribution in [2.45, 2.75) is 51.9 Å².